The molecule has 0 aromatic carbocycles. The van der Waals surface area contributed by atoms with Crippen molar-refractivity contribution < 1.29 is 39.3 Å². The van der Waals surface area contributed by atoms with Crippen molar-refractivity contribution in [1.82, 2.24) is 0 Å². The van der Waals surface area contributed by atoms with E-state index in [1.165, 1.54) is 218 Å². The van der Waals surface area contributed by atoms with E-state index in [0.29, 0.717) is 0 Å². The van der Waals surface area contributed by atoms with Gasteiger partial charge in [-0.1, -0.05) is 218 Å². The monoisotopic (exact) mass is 894 g/mol. The summed E-state index contributed by atoms with van der Waals surface area (Å²) in [6.45, 7) is 7.65. The van der Waals surface area contributed by atoms with E-state index < -0.39 is 11.9 Å². The summed E-state index contributed by atoms with van der Waals surface area (Å²) in [6, 6.07) is 0. The minimum Gasteiger partial charge on any atom is -0.550 e. The van der Waals surface area contributed by atoms with E-state index in [-0.39, 0.29) is 32.3 Å². The number of nitrogens with two attached hydrogens (primary N) is 1. The Balaban J connectivity index is -0.000000389. The summed E-state index contributed by atoms with van der Waals surface area (Å²) in [7, 11) is 0. The number of hydrogen-bond acceptors (Lipinski definition) is 5. The van der Waals surface area contributed by atoms with Gasteiger partial charge in [0.15, 0.2) is 0 Å². The van der Waals surface area contributed by atoms with Crippen LogP contribution in [-0.4, -0.2) is 18.5 Å². The summed E-state index contributed by atoms with van der Waals surface area (Å²) in [5.74, 6) is -1.83. The van der Waals surface area contributed by atoms with E-state index in [1.807, 2.05) is 0 Å². The molecule has 0 heterocycles. The molecule has 0 unspecified atom stereocenters. The van der Waals surface area contributed by atoms with Crippen molar-refractivity contribution in [3.8, 4) is 0 Å². The topological polar surface area (TPSA) is 106 Å². The number of aliphatic carboxylic acids is 2. The summed E-state index contributed by atoms with van der Waals surface area (Å²) >= 11 is 0. The van der Waals surface area contributed by atoms with E-state index in [1.54, 1.807) is 0 Å². The molecule has 0 aliphatic carbocycles. The van der Waals surface area contributed by atoms with Crippen LogP contribution in [0.15, 0.2) is 36.5 Å². The molecule has 0 radical (unpaired) electrons. The number of hydrogen-bond donors (Lipinski definition) is 1. The van der Waals surface area contributed by atoms with Crippen LogP contribution in [0.5, 0.6) is 0 Å². The summed E-state index contributed by atoms with van der Waals surface area (Å²) in [5, 5.41) is 20.4. The maximum Gasteiger partial charge on any atom is 2.00 e. The molecule has 0 saturated heterocycles. The Bertz CT molecular complexity index is 824. The molecule has 6 heteroatoms. The number of carbonyl (C=O) groups is 2. The maximum atomic E-state index is 10.2. The van der Waals surface area contributed by atoms with E-state index in [2.05, 4.69) is 57.2 Å². The van der Waals surface area contributed by atoms with Crippen molar-refractivity contribution in [2.45, 2.75) is 290 Å². The van der Waals surface area contributed by atoms with E-state index >= 15 is 0 Å². The molecule has 0 aromatic rings. The zero-order valence-corrected chi connectivity index (χ0v) is 43.8. The normalized spacial score (nSPS) is 11.1. The molecule has 0 aliphatic heterocycles. The number of carbonyl (C=O) groups excluding carboxylic acids is 2. The second-order valence-corrected chi connectivity index (χ2v) is 17.1. The van der Waals surface area contributed by atoms with Gasteiger partial charge in [-0.2, -0.15) is 0 Å². The first-order valence-electron chi connectivity index (χ1n) is 26.0. The molecule has 0 atom stereocenters. The van der Waals surface area contributed by atoms with Gasteiger partial charge in [-0.15, -0.1) is 0 Å². The molecular formula is C54H103NO4Zn. The van der Waals surface area contributed by atoms with Crippen LogP contribution in [-0.2, 0) is 29.1 Å². The molecular weight excluding hydrogens is 792 g/mol. The largest absolute Gasteiger partial charge is 2.00 e. The van der Waals surface area contributed by atoms with Crippen LogP contribution < -0.4 is 15.9 Å². The molecule has 0 rings (SSSR count). The summed E-state index contributed by atoms with van der Waals surface area (Å²) < 4.78 is 0. The zero-order chi connectivity index (χ0) is 43.8. The Kier molecular flexibility index (Phi) is 70.1. The number of rotatable bonds is 45. The third-order valence-corrected chi connectivity index (χ3v) is 11.0. The van der Waals surface area contributed by atoms with E-state index in [0.717, 1.165) is 45.1 Å². The first-order chi connectivity index (χ1) is 29.0. The molecule has 60 heavy (non-hydrogen) atoms. The van der Waals surface area contributed by atoms with Gasteiger partial charge in [-0.25, -0.2) is 0 Å². The smallest absolute Gasteiger partial charge is 0.550 e. The predicted molar refractivity (Wildman–Crippen MR) is 257 cm³/mol. The second-order valence-electron chi connectivity index (χ2n) is 17.1. The molecule has 0 fully saturated rings. The van der Waals surface area contributed by atoms with Crippen LogP contribution >= 0.6 is 0 Å². The second kappa shape index (κ2) is 64.4. The molecule has 0 bridgehead atoms. The fourth-order valence-corrected chi connectivity index (χ4v) is 7.07. The van der Waals surface area contributed by atoms with Crippen LogP contribution in [0.25, 0.3) is 0 Å². The SMILES string of the molecule is CCCCCCCC/C=C\CCCCCCCC(=O)[O-].CCCCCCCC/C=C\CCCCCCCC(=O)[O-].CCCCCCCC/C=C\CCCCCCCCN.[Zn+2]. The number of allylic oxidation sites excluding steroid dienone is 6. The van der Waals surface area contributed by atoms with Gasteiger partial charge in [-0.3, -0.25) is 0 Å². The first kappa shape index (κ1) is 65.4. The number of carboxylic acids is 2. The van der Waals surface area contributed by atoms with Gasteiger partial charge in [0.1, 0.15) is 0 Å². The molecule has 350 valence electrons. The van der Waals surface area contributed by atoms with Gasteiger partial charge < -0.3 is 25.5 Å². The Hall–Kier alpha value is -1.26. The average molecular weight is 896 g/mol. The Morgan fingerprint density at radius 1 is 0.317 bits per heavy atom. The van der Waals surface area contributed by atoms with Crippen LogP contribution in [0.3, 0.4) is 0 Å². The standard InChI is InChI=1S/C18H37N.2C18H34O2.Zn/c1-2-3-4-5-6-7-8-9-10-11-12-13-14-15-16-17-18-19;2*1-2-3-4-5-6-7-8-9-10-11-12-13-14-15-16-17-18(19)20;/h9-10H,2-8,11-19H2,1H3;2*9-10H,2-8,11-17H2,1H3,(H,19,20);/q;;;+2/p-2/b3*10-9-;. The zero-order valence-electron chi connectivity index (χ0n) is 40.8. The quantitative estimate of drug-likeness (QED) is 0.0372. The molecule has 2 N–H and O–H groups in total. The van der Waals surface area contributed by atoms with Crippen LogP contribution in [0.2, 0.25) is 0 Å². The molecule has 5 nitrogen and oxygen atoms in total. The van der Waals surface area contributed by atoms with Gasteiger partial charge in [0.05, 0.1) is 0 Å². The third kappa shape index (κ3) is 74.2. The van der Waals surface area contributed by atoms with Crippen molar-refractivity contribution in [2.75, 3.05) is 6.54 Å². The fraction of sp³-hybridized carbons (Fsp3) is 0.852. The molecule has 0 spiro atoms. The maximum absolute atomic E-state index is 10.2. The summed E-state index contributed by atoms with van der Waals surface area (Å²) in [4.78, 5) is 20.4. The third-order valence-electron chi connectivity index (χ3n) is 11.0. The Labute approximate surface area is 388 Å². The Morgan fingerprint density at radius 2 is 0.500 bits per heavy atom. The van der Waals surface area contributed by atoms with Crippen molar-refractivity contribution in [3.63, 3.8) is 0 Å². The van der Waals surface area contributed by atoms with Crippen molar-refractivity contribution in [3.05, 3.63) is 36.5 Å². The van der Waals surface area contributed by atoms with Gasteiger partial charge in [0.2, 0.25) is 0 Å². The number of unbranched alkanes of at least 4 members (excludes halogenated alkanes) is 34. The van der Waals surface area contributed by atoms with Gasteiger partial charge in [-0.05, 0) is 116 Å². The van der Waals surface area contributed by atoms with Crippen LogP contribution in [0.1, 0.15) is 290 Å². The first-order valence-corrected chi connectivity index (χ1v) is 26.0. The van der Waals surface area contributed by atoms with Crippen molar-refractivity contribution in [2.24, 2.45) is 5.73 Å². The van der Waals surface area contributed by atoms with Crippen molar-refractivity contribution in [1.29, 1.82) is 0 Å². The summed E-state index contributed by atoms with van der Waals surface area (Å²) in [6.07, 6.45) is 65.7. The van der Waals surface area contributed by atoms with Crippen molar-refractivity contribution >= 4 is 11.9 Å². The van der Waals surface area contributed by atoms with Crippen LogP contribution in [0, 0.1) is 0 Å². The molecule has 0 amide bonds. The van der Waals surface area contributed by atoms with Gasteiger partial charge in [0, 0.05) is 11.9 Å². The molecule has 0 aromatic heterocycles. The predicted octanol–water partition coefficient (Wildman–Crippen LogP) is 15.5. The van der Waals surface area contributed by atoms with E-state index in [4.69, 9.17) is 5.73 Å². The fourth-order valence-electron chi connectivity index (χ4n) is 7.07. The molecule has 0 aliphatic rings. The Morgan fingerprint density at radius 3 is 0.700 bits per heavy atom. The average Bonchev–Trinajstić information content (AvgIpc) is 3.22. The summed E-state index contributed by atoms with van der Waals surface area (Å²) in [5.41, 5.74) is 5.47. The van der Waals surface area contributed by atoms with Gasteiger partial charge in [0.25, 0.3) is 0 Å². The minimum absolute atomic E-state index is 0. The van der Waals surface area contributed by atoms with E-state index in [9.17, 15) is 19.8 Å². The molecule has 0 saturated carbocycles. The number of carboxylic acid groups (broad SMARTS) is 2. The van der Waals surface area contributed by atoms with Crippen LogP contribution in [0.4, 0.5) is 0 Å². The van der Waals surface area contributed by atoms with Gasteiger partial charge >= 0.3 is 19.5 Å². The minimum atomic E-state index is -0.914.